The van der Waals surface area contributed by atoms with Gasteiger partial charge in [0.25, 0.3) is 0 Å². The highest BCUT2D eigenvalue weighted by Gasteiger charge is 2.29. The lowest BCUT2D eigenvalue weighted by Gasteiger charge is -2.38. The summed E-state index contributed by atoms with van der Waals surface area (Å²) in [6.45, 7) is 5.37. The van der Waals surface area contributed by atoms with Crippen molar-refractivity contribution >= 4 is 0 Å². The van der Waals surface area contributed by atoms with E-state index in [1.165, 1.54) is 5.56 Å². The molecular formula is C17H20N2. The molecule has 0 N–H and O–H groups in total. The van der Waals surface area contributed by atoms with Gasteiger partial charge in [0.2, 0.25) is 0 Å². The second-order valence-electron chi connectivity index (χ2n) is 5.76. The largest absolute Gasteiger partial charge is 0.299 e. The van der Waals surface area contributed by atoms with Crippen LogP contribution in [0, 0.1) is 29.1 Å². The smallest absolute Gasteiger partial charge is 0.0627 e. The van der Waals surface area contributed by atoms with Gasteiger partial charge in [0, 0.05) is 18.5 Å². The molecule has 1 aliphatic rings. The van der Waals surface area contributed by atoms with E-state index in [2.05, 4.69) is 35.9 Å². The Bertz CT molecular complexity index is 494. The van der Waals surface area contributed by atoms with Crippen molar-refractivity contribution in [1.82, 2.24) is 4.90 Å². The van der Waals surface area contributed by atoms with Gasteiger partial charge in [0.05, 0.1) is 6.07 Å². The maximum absolute atomic E-state index is 8.85. The van der Waals surface area contributed by atoms with Gasteiger partial charge in [0.15, 0.2) is 0 Å². The number of nitriles is 1. The fraction of sp³-hybridized carbons (Fsp3) is 0.471. The van der Waals surface area contributed by atoms with E-state index in [1.807, 2.05) is 12.1 Å². The Hall–Kier alpha value is -1.77. The first-order valence-electron chi connectivity index (χ1n) is 6.80. The van der Waals surface area contributed by atoms with E-state index in [-0.39, 0.29) is 5.41 Å². The van der Waals surface area contributed by atoms with Gasteiger partial charge in [0.1, 0.15) is 0 Å². The maximum Gasteiger partial charge on any atom is 0.0627 e. The van der Waals surface area contributed by atoms with Crippen molar-refractivity contribution < 1.29 is 0 Å². The van der Waals surface area contributed by atoms with Crippen molar-refractivity contribution in [3.8, 4) is 18.4 Å². The predicted molar refractivity (Wildman–Crippen MR) is 77.2 cm³/mol. The highest BCUT2D eigenvalue weighted by Crippen LogP contribution is 2.34. The number of terminal acetylenes is 1. The molecule has 1 fully saturated rings. The van der Waals surface area contributed by atoms with E-state index >= 15 is 0 Å². The third kappa shape index (κ3) is 3.60. The fourth-order valence-electron chi connectivity index (χ4n) is 2.58. The van der Waals surface area contributed by atoms with Crippen LogP contribution in [0.3, 0.4) is 0 Å². The van der Waals surface area contributed by atoms with Crippen molar-refractivity contribution in [1.29, 1.82) is 5.26 Å². The number of hydrogen-bond donors (Lipinski definition) is 0. The molecule has 19 heavy (non-hydrogen) atoms. The van der Waals surface area contributed by atoms with Gasteiger partial charge in [-0.1, -0.05) is 25.0 Å². The zero-order valence-electron chi connectivity index (χ0n) is 11.5. The van der Waals surface area contributed by atoms with E-state index in [4.69, 9.17) is 11.7 Å². The van der Waals surface area contributed by atoms with Gasteiger partial charge in [-0.15, -0.1) is 6.42 Å². The van der Waals surface area contributed by atoms with Crippen LogP contribution in [0.5, 0.6) is 0 Å². The molecule has 2 rings (SSSR count). The van der Waals surface area contributed by atoms with Gasteiger partial charge < -0.3 is 0 Å². The molecule has 1 aromatic carbocycles. The molecule has 0 amide bonds. The Morgan fingerprint density at radius 1 is 1.26 bits per heavy atom. The third-order valence-corrected chi connectivity index (χ3v) is 4.10. The quantitative estimate of drug-likeness (QED) is 0.773. The number of piperidine rings is 1. The van der Waals surface area contributed by atoms with Gasteiger partial charge >= 0.3 is 0 Å². The molecule has 1 heterocycles. The van der Waals surface area contributed by atoms with Crippen LogP contribution in [0.25, 0.3) is 0 Å². The van der Waals surface area contributed by atoms with Gasteiger partial charge in [-0.25, -0.2) is 0 Å². The van der Waals surface area contributed by atoms with Gasteiger partial charge in [-0.3, -0.25) is 4.90 Å². The molecular weight excluding hydrogens is 232 g/mol. The molecule has 2 nitrogen and oxygen atoms in total. The van der Waals surface area contributed by atoms with Crippen LogP contribution in [-0.4, -0.2) is 18.0 Å². The van der Waals surface area contributed by atoms with Crippen LogP contribution in [0.1, 0.15) is 37.3 Å². The summed E-state index contributed by atoms with van der Waals surface area (Å²) in [5.74, 6) is 2.64. The molecule has 0 aromatic heterocycles. The average Bonchev–Trinajstić information content (AvgIpc) is 2.43. The molecule has 0 radical (unpaired) electrons. The van der Waals surface area contributed by atoms with Crippen LogP contribution >= 0.6 is 0 Å². The molecule has 0 spiro atoms. The van der Waals surface area contributed by atoms with Gasteiger partial charge in [-0.05, 0) is 49.0 Å². The molecule has 0 aliphatic carbocycles. The molecule has 0 bridgehead atoms. The molecule has 1 aromatic rings. The highest BCUT2D eigenvalue weighted by atomic mass is 15.1. The summed E-state index contributed by atoms with van der Waals surface area (Å²) in [6, 6.07) is 10.5. The molecule has 0 atom stereocenters. The normalized spacial score (nSPS) is 18.5. The Kier molecular flexibility index (Phi) is 4.25. The lowest BCUT2D eigenvalue weighted by atomic mass is 9.78. The van der Waals surface area contributed by atoms with E-state index in [0.717, 1.165) is 38.0 Å². The lowest BCUT2D eigenvalue weighted by Crippen LogP contribution is -2.38. The van der Waals surface area contributed by atoms with Crippen LogP contribution < -0.4 is 0 Å². The molecule has 0 saturated carbocycles. The van der Waals surface area contributed by atoms with E-state index in [1.54, 1.807) is 0 Å². The van der Waals surface area contributed by atoms with Crippen LogP contribution in [0.2, 0.25) is 0 Å². The number of rotatable bonds is 3. The predicted octanol–water partition coefficient (Wildman–Crippen LogP) is 3.18. The van der Waals surface area contributed by atoms with E-state index in [9.17, 15) is 0 Å². The number of likely N-dealkylation sites (tertiary alicyclic amines) is 1. The summed E-state index contributed by atoms with van der Waals surface area (Å²) in [6.07, 6.45) is 8.26. The standard InChI is InChI=1S/C17H20N2/c1-3-15-4-6-16(7-5-15)14-19-12-9-17(2,8-11-18)10-13-19/h1,4-7H,8-10,12-14H2,2H3. The zero-order chi connectivity index (χ0) is 13.7. The Balaban J connectivity index is 1.89. The lowest BCUT2D eigenvalue weighted by molar-refractivity contribution is 0.116. The molecule has 0 unspecified atom stereocenters. The van der Waals surface area contributed by atoms with E-state index in [0.29, 0.717) is 6.42 Å². The first-order chi connectivity index (χ1) is 9.15. The van der Waals surface area contributed by atoms with Crippen molar-refractivity contribution in [2.45, 2.75) is 32.7 Å². The molecule has 1 aliphatic heterocycles. The van der Waals surface area contributed by atoms with Crippen molar-refractivity contribution in [2.24, 2.45) is 5.41 Å². The van der Waals surface area contributed by atoms with Crippen LogP contribution in [0.15, 0.2) is 24.3 Å². The second kappa shape index (κ2) is 5.91. The second-order valence-corrected chi connectivity index (χ2v) is 5.76. The third-order valence-electron chi connectivity index (χ3n) is 4.10. The number of hydrogen-bond acceptors (Lipinski definition) is 2. The van der Waals surface area contributed by atoms with Crippen molar-refractivity contribution in [3.05, 3.63) is 35.4 Å². The summed E-state index contributed by atoms with van der Waals surface area (Å²) >= 11 is 0. The number of nitrogens with zero attached hydrogens (tertiary/aromatic N) is 2. The first-order valence-corrected chi connectivity index (χ1v) is 6.80. The minimum absolute atomic E-state index is 0.221. The Morgan fingerprint density at radius 2 is 1.89 bits per heavy atom. The summed E-state index contributed by atoms with van der Waals surface area (Å²) in [4.78, 5) is 2.46. The monoisotopic (exact) mass is 252 g/mol. The van der Waals surface area contributed by atoms with Crippen LogP contribution in [-0.2, 0) is 6.54 Å². The maximum atomic E-state index is 8.85. The number of benzene rings is 1. The summed E-state index contributed by atoms with van der Waals surface area (Å²) in [5, 5.41) is 8.85. The molecule has 2 heteroatoms. The Labute approximate surface area is 116 Å². The van der Waals surface area contributed by atoms with Crippen molar-refractivity contribution in [2.75, 3.05) is 13.1 Å². The fourth-order valence-corrected chi connectivity index (χ4v) is 2.58. The SMILES string of the molecule is C#Cc1ccc(CN2CCC(C)(CC#N)CC2)cc1. The highest BCUT2D eigenvalue weighted by molar-refractivity contribution is 5.34. The van der Waals surface area contributed by atoms with Gasteiger partial charge in [-0.2, -0.15) is 5.26 Å². The minimum Gasteiger partial charge on any atom is -0.299 e. The minimum atomic E-state index is 0.221. The molecule has 1 saturated heterocycles. The zero-order valence-corrected chi connectivity index (χ0v) is 11.5. The van der Waals surface area contributed by atoms with Crippen LogP contribution in [0.4, 0.5) is 0 Å². The summed E-state index contributed by atoms with van der Waals surface area (Å²) < 4.78 is 0. The average molecular weight is 252 g/mol. The van der Waals surface area contributed by atoms with E-state index < -0.39 is 0 Å². The molecule has 98 valence electrons. The summed E-state index contributed by atoms with van der Waals surface area (Å²) in [7, 11) is 0. The summed E-state index contributed by atoms with van der Waals surface area (Å²) in [5.41, 5.74) is 2.46. The Morgan fingerprint density at radius 3 is 2.42 bits per heavy atom. The first kappa shape index (κ1) is 13.7. The topological polar surface area (TPSA) is 27.0 Å². The van der Waals surface area contributed by atoms with Crippen molar-refractivity contribution in [3.63, 3.8) is 0 Å².